The monoisotopic (exact) mass is 485 g/mol. The van der Waals surface area contributed by atoms with Gasteiger partial charge < -0.3 is 24.2 Å². The number of carbonyl (C=O) groups excluding carboxylic acids is 1. The smallest absolute Gasteiger partial charge is 0.137 e. The van der Waals surface area contributed by atoms with Crippen LogP contribution in [0.2, 0.25) is 0 Å². The molecule has 0 aromatic heterocycles. The number of para-hydroxylation sites is 1. The molecule has 2 rings (SSSR count). The van der Waals surface area contributed by atoms with E-state index in [9.17, 15) is 9.90 Å². The fourth-order valence-electron chi connectivity index (χ4n) is 3.84. The van der Waals surface area contributed by atoms with Crippen LogP contribution in [0.15, 0.2) is 60.7 Å². The molecule has 1 N–H and O–H groups in total. The molecule has 0 fully saturated rings. The first-order valence-corrected chi connectivity index (χ1v) is 13.3. The summed E-state index contributed by atoms with van der Waals surface area (Å²) in [6.45, 7) is 5.42. The van der Waals surface area contributed by atoms with Crippen molar-refractivity contribution in [3.63, 3.8) is 0 Å². The average Bonchev–Trinajstić information content (AvgIpc) is 2.86. The van der Waals surface area contributed by atoms with Crippen LogP contribution in [0.3, 0.4) is 0 Å². The van der Waals surface area contributed by atoms with E-state index in [4.69, 9.17) is 9.84 Å². The highest BCUT2D eigenvalue weighted by Crippen LogP contribution is 2.13. The number of aliphatic hydroxyl groups excluding tert-OH is 1. The number of benzene rings is 2. The second-order valence-electron chi connectivity index (χ2n) is 9.86. The van der Waals surface area contributed by atoms with Crippen LogP contribution in [0.4, 0.5) is 0 Å². The number of aliphatic hydroxyl groups is 1. The summed E-state index contributed by atoms with van der Waals surface area (Å²) >= 11 is 0. The molecule has 0 aliphatic carbocycles. The van der Waals surface area contributed by atoms with E-state index in [1.165, 1.54) is 82.9 Å². The van der Waals surface area contributed by atoms with Gasteiger partial charge in [0.05, 0.1) is 26.6 Å². The highest BCUT2D eigenvalue weighted by Gasteiger charge is 2.14. The molecule has 0 amide bonds. The number of unbranched alkanes of at least 4 members (excludes halogenated alkanes) is 9. The minimum Gasteiger partial charge on any atom is -0.547 e. The summed E-state index contributed by atoms with van der Waals surface area (Å²) in [5.41, 5.74) is 0.340. The van der Waals surface area contributed by atoms with Gasteiger partial charge in [0.2, 0.25) is 0 Å². The maximum atomic E-state index is 10.1. The molecule has 1 atom stereocenters. The van der Waals surface area contributed by atoms with Crippen LogP contribution < -0.4 is 9.84 Å². The van der Waals surface area contributed by atoms with E-state index in [0.29, 0.717) is 5.56 Å². The number of hydrogen-bond acceptors (Lipinski definition) is 4. The maximum absolute atomic E-state index is 10.1. The molecule has 0 saturated heterocycles. The number of carboxylic acid groups (broad SMARTS) is 1. The van der Waals surface area contributed by atoms with Crippen LogP contribution in [-0.4, -0.2) is 49.4 Å². The normalized spacial score (nSPS) is 11.9. The van der Waals surface area contributed by atoms with Gasteiger partial charge in [-0.3, -0.25) is 0 Å². The molecule has 0 radical (unpaired) electrons. The van der Waals surface area contributed by atoms with E-state index < -0.39 is 12.1 Å². The second kappa shape index (κ2) is 18.9. The lowest BCUT2D eigenvalue weighted by molar-refractivity contribution is -0.890. The predicted molar refractivity (Wildman–Crippen MR) is 142 cm³/mol. The van der Waals surface area contributed by atoms with Crippen LogP contribution in [0.25, 0.3) is 0 Å². The standard InChI is InChI=1S/C22H40NO.C8H8O3/c1-4-5-6-7-8-9-10-11-12-16-19-23(2,3)20-21-24-22-17-14-13-15-18-22;9-7(8(10)11)6-4-2-1-3-5-6/h13-15,17-18H,4-12,16,19-21H2,1-3H3;1-5,7,9H,(H,10,11)/q+1;/p-1/t;7-/m.1/s1. The number of rotatable bonds is 17. The van der Waals surface area contributed by atoms with Crippen LogP contribution in [-0.2, 0) is 4.79 Å². The van der Waals surface area contributed by atoms with Crippen LogP contribution in [0.5, 0.6) is 5.75 Å². The first-order valence-electron chi connectivity index (χ1n) is 13.3. The number of quaternary nitrogens is 1. The third-order valence-electron chi connectivity index (χ3n) is 6.16. The van der Waals surface area contributed by atoms with Crippen molar-refractivity contribution in [2.45, 2.75) is 77.2 Å². The summed E-state index contributed by atoms with van der Waals surface area (Å²) in [7, 11) is 4.64. The Bertz CT molecular complexity index is 764. The number of likely N-dealkylation sites (N-methyl/N-ethyl adjacent to an activating group) is 1. The molecule has 0 saturated carbocycles. The molecular formula is C30H47NO4. The van der Waals surface area contributed by atoms with Gasteiger partial charge in [0.15, 0.2) is 0 Å². The number of aliphatic carboxylic acids is 1. The Hall–Kier alpha value is -2.37. The SMILES string of the molecule is CCCCCCCCCCCC[N+](C)(C)CCOc1ccccc1.O=C([O-])[C@H](O)c1ccccc1. The molecule has 0 heterocycles. The van der Waals surface area contributed by atoms with Gasteiger partial charge in [-0.1, -0.05) is 107 Å². The van der Waals surface area contributed by atoms with Crippen molar-refractivity contribution in [3.8, 4) is 5.75 Å². The van der Waals surface area contributed by atoms with Crippen molar-refractivity contribution in [2.24, 2.45) is 0 Å². The lowest BCUT2D eigenvalue weighted by Gasteiger charge is -2.29. The zero-order chi connectivity index (χ0) is 25.8. The zero-order valence-electron chi connectivity index (χ0n) is 22.2. The van der Waals surface area contributed by atoms with Gasteiger partial charge in [0.25, 0.3) is 0 Å². The molecular weight excluding hydrogens is 438 g/mol. The van der Waals surface area contributed by atoms with Crippen molar-refractivity contribution in [2.75, 3.05) is 33.8 Å². The fourth-order valence-corrected chi connectivity index (χ4v) is 3.84. The Morgan fingerprint density at radius 2 is 1.29 bits per heavy atom. The van der Waals surface area contributed by atoms with Gasteiger partial charge in [0, 0.05) is 0 Å². The number of carbonyl (C=O) groups is 1. The molecule has 0 aliphatic heterocycles. The minimum absolute atomic E-state index is 0.340. The molecule has 196 valence electrons. The van der Waals surface area contributed by atoms with Crippen molar-refractivity contribution in [3.05, 3.63) is 66.2 Å². The summed E-state index contributed by atoms with van der Waals surface area (Å²) in [4.78, 5) is 10.1. The lowest BCUT2D eigenvalue weighted by atomic mass is 10.1. The van der Waals surface area contributed by atoms with Crippen LogP contribution in [0, 0.1) is 0 Å². The van der Waals surface area contributed by atoms with Crippen molar-refractivity contribution in [1.29, 1.82) is 0 Å². The van der Waals surface area contributed by atoms with E-state index in [1.807, 2.05) is 30.3 Å². The first kappa shape index (κ1) is 30.7. The van der Waals surface area contributed by atoms with Gasteiger partial charge >= 0.3 is 0 Å². The number of ether oxygens (including phenoxy) is 1. The molecule has 0 bridgehead atoms. The Labute approximate surface area is 213 Å². The van der Waals surface area contributed by atoms with Crippen LogP contribution in [0.1, 0.15) is 82.8 Å². The fraction of sp³-hybridized carbons (Fsp3) is 0.567. The Morgan fingerprint density at radius 1 is 0.800 bits per heavy atom. The van der Waals surface area contributed by atoms with Crippen molar-refractivity contribution < 1.29 is 24.2 Å². The van der Waals surface area contributed by atoms with Gasteiger partial charge in [-0.05, 0) is 30.5 Å². The van der Waals surface area contributed by atoms with E-state index in [0.717, 1.165) is 23.4 Å². The largest absolute Gasteiger partial charge is 0.547 e. The highest BCUT2D eigenvalue weighted by molar-refractivity contribution is 5.71. The Morgan fingerprint density at radius 3 is 1.80 bits per heavy atom. The molecule has 5 heteroatoms. The highest BCUT2D eigenvalue weighted by atomic mass is 16.5. The van der Waals surface area contributed by atoms with Crippen molar-refractivity contribution in [1.82, 2.24) is 0 Å². The minimum atomic E-state index is -1.52. The number of carboxylic acids is 1. The summed E-state index contributed by atoms with van der Waals surface area (Å²) < 4.78 is 6.89. The third-order valence-corrected chi connectivity index (χ3v) is 6.16. The summed E-state index contributed by atoms with van der Waals surface area (Å²) in [5, 5.41) is 19.1. The van der Waals surface area contributed by atoms with E-state index in [-0.39, 0.29) is 0 Å². The molecule has 2 aromatic carbocycles. The number of hydrogen-bond donors (Lipinski definition) is 1. The Kier molecular flexibility index (Phi) is 16.6. The van der Waals surface area contributed by atoms with Crippen molar-refractivity contribution >= 4 is 5.97 Å². The molecule has 2 aromatic rings. The average molecular weight is 486 g/mol. The predicted octanol–water partition coefficient (Wildman–Crippen LogP) is 5.53. The van der Waals surface area contributed by atoms with Gasteiger partial charge in [-0.25, -0.2) is 0 Å². The van der Waals surface area contributed by atoms with E-state index in [2.05, 4.69) is 21.0 Å². The molecule has 0 aliphatic rings. The summed E-state index contributed by atoms with van der Waals surface area (Å²) in [6.07, 6.45) is 12.6. The van der Waals surface area contributed by atoms with E-state index in [1.54, 1.807) is 18.2 Å². The second-order valence-corrected chi connectivity index (χ2v) is 9.86. The quantitative estimate of drug-likeness (QED) is 0.236. The molecule has 0 spiro atoms. The van der Waals surface area contributed by atoms with Gasteiger partial charge in [-0.2, -0.15) is 0 Å². The molecule has 5 nitrogen and oxygen atoms in total. The number of nitrogens with zero attached hydrogens (tertiary/aromatic N) is 1. The third kappa shape index (κ3) is 16.0. The zero-order valence-corrected chi connectivity index (χ0v) is 22.2. The summed E-state index contributed by atoms with van der Waals surface area (Å²) in [5.74, 6) is -0.493. The van der Waals surface area contributed by atoms with Crippen LogP contribution >= 0.6 is 0 Å². The maximum Gasteiger partial charge on any atom is 0.137 e. The molecule has 35 heavy (non-hydrogen) atoms. The lowest BCUT2D eigenvalue weighted by Crippen LogP contribution is -2.43. The topological polar surface area (TPSA) is 69.6 Å². The Balaban J connectivity index is 0.000000462. The molecule has 0 unspecified atom stereocenters. The van der Waals surface area contributed by atoms with Gasteiger partial charge in [-0.15, -0.1) is 0 Å². The van der Waals surface area contributed by atoms with Gasteiger partial charge in [0.1, 0.15) is 25.0 Å². The van der Waals surface area contributed by atoms with E-state index >= 15 is 0 Å². The first-order chi connectivity index (χ1) is 16.9. The summed E-state index contributed by atoms with van der Waals surface area (Å²) in [6, 6.07) is 18.2.